The topological polar surface area (TPSA) is 65.0 Å². The second-order valence-corrected chi connectivity index (χ2v) is 18.3. The van der Waals surface area contributed by atoms with Crippen molar-refractivity contribution in [1.82, 2.24) is 15.0 Å². The van der Waals surface area contributed by atoms with Crippen LogP contribution in [0.15, 0.2) is 148 Å². The molecule has 0 spiro atoms. The normalized spacial score (nSPS) is 13.5. The van der Waals surface area contributed by atoms with Gasteiger partial charge in [-0.05, 0) is 57.0 Å². The quantitative estimate of drug-likeness (QED) is 0.175. The Hall–Kier alpha value is -6.37. The molecule has 0 saturated heterocycles. The maximum Gasteiger partial charge on any atom is 0.164 e. The Bertz CT molecular complexity index is 3070. The highest BCUT2D eigenvalue weighted by molar-refractivity contribution is 7.04. The Labute approximate surface area is 293 Å². The van der Waals surface area contributed by atoms with Crippen molar-refractivity contribution in [2.24, 2.45) is 0 Å². The third-order valence-electron chi connectivity index (χ3n) is 10.7. The van der Waals surface area contributed by atoms with Crippen LogP contribution in [0.3, 0.4) is 0 Å². The molecule has 0 aliphatic carbocycles. The van der Waals surface area contributed by atoms with Gasteiger partial charge < -0.3 is 8.83 Å². The van der Waals surface area contributed by atoms with Gasteiger partial charge in [-0.15, -0.1) is 0 Å². The van der Waals surface area contributed by atoms with Crippen LogP contribution in [0.25, 0.3) is 99.9 Å². The van der Waals surface area contributed by atoms with Crippen molar-refractivity contribution < 1.29 is 8.83 Å². The summed E-state index contributed by atoms with van der Waals surface area (Å²) in [5.74, 6) is 1.84. The third kappa shape index (κ3) is 4.05. The van der Waals surface area contributed by atoms with E-state index in [0.29, 0.717) is 17.5 Å². The molecule has 11 rings (SSSR count). The van der Waals surface area contributed by atoms with Gasteiger partial charge in [0.2, 0.25) is 0 Å². The second kappa shape index (κ2) is 10.3. The molecule has 0 radical (unpaired) electrons. The van der Waals surface area contributed by atoms with E-state index in [4.69, 9.17) is 23.8 Å². The number of furan rings is 2. The van der Waals surface area contributed by atoms with Gasteiger partial charge in [0.1, 0.15) is 30.4 Å². The van der Waals surface area contributed by atoms with E-state index in [-0.39, 0.29) is 0 Å². The summed E-state index contributed by atoms with van der Waals surface area (Å²) >= 11 is 0. The Balaban J connectivity index is 1.25. The minimum absolute atomic E-state index is 0.600. The van der Waals surface area contributed by atoms with Crippen molar-refractivity contribution in [1.29, 1.82) is 0 Å². The Morgan fingerprint density at radius 2 is 1.06 bits per heavy atom. The minimum Gasteiger partial charge on any atom is -0.456 e. The first-order valence-corrected chi connectivity index (χ1v) is 20.3. The summed E-state index contributed by atoms with van der Waals surface area (Å²) in [6.07, 6.45) is 0. The zero-order chi connectivity index (χ0) is 33.8. The zero-order valence-electron chi connectivity index (χ0n) is 27.9. The number of aromatic nitrogens is 3. The van der Waals surface area contributed by atoms with E-state index in [1.165, 1.54) is 32.3 Å². The molecule has 7 aromatic carbocycles. The fraction of sp³-hybridized carbons (Fsp3) is 0.0444. The summed E-state index contributed by atoms with van der Waals surface area (Å²) in [4.78, 5) is 15.8. The molecule has 3 aromatic heterocycles. The van der Waals surface area contributed by atoms with Crippen molar-refractivity contribution in [2.75, 3.05) is 0 Å². The van der Waals surface area contributed by atoms with Crippen LogP contribution in [0, 0.1) is 0 Å². The highest BCUT2D eigenvalue weighted by Gasteiger charge is 2.41. The number of hydrogen-bond donors (Lipinski definition) is 0. The number of para-hydroxylation sites is 2. The lowest BCUT2D eigenvalue weighted by Gasteiger charge is -2.20. The SMILES string of the molecule is C[Si]1(C)c2cc3ccccc3cc2-c2c1cc(-c1nc(-c3ccccc3)nc(-c3cccc4oc5ccccc5c34)n1)c1c2oc2ccccc21. The van der Waals surface area contributed by atoms with Gasteiger partial charge in [0.15, 0.2) is 17.5 Å². The fourth-order valence-electron chi connectivity index (χ4n) is 8.24. The fourth-order valence-corrected chi connectivity index (χ4v) is 11.3. The summed E-state index contributed by atoms with van der Waals surface area (Å²) in [6.45, 7) is 4.90. The molecule has 51 heavy (non-hydrogen) atoms. The van der Waals surface area contributed by atoms with Gasteiger partial charge in [0.05, 0.1) is 0 Å². The maximum absolute atomic E-state index is 6.88. The van der Waals surface area contributed by atoms with Gasteiger partial charge in [0.25, 0.3) is 0 Å². The predicted molar refractivity (Wildman–Crippen MR) is 210 cm³/mol. The molecule has 6 heteroatoms. The van der Waals surface area contributed by atoms with Crippen molar-refractivity contribution in [3.63, 3.8) is 0 Å². The van der Waals surface area contributed by atoms with Crippen LogP contribution in [0.2, 0.25) is 13.1 Å². The van der Waals surface area contributed by atoms with Crippen LogP contribution in [-0.2, 0) is 0 Å². The summed E-state index contributed by atoms with van der Waals surface area (Å²) < 4.78 is 13.2. The van der Waals surface area contributed by atoms with E-state index in [1.807, 2.05) is 54.6 Å². The van der Waals surface area contributed by atoms with Crippen molar-refractivity contribution in [2.45, 2.75) is 13.1 Å². The number of hydrogen-bond acceptors (Lipinski definition) is 5. The van der Waals surface area contributed by atoms with Crippen molar-refractivity contribution in [3.05, 3.63) is 140 Å². The monoisotopic (exact) mass is 671 g/mol. The average molecular weight is 672 g/mol. The molecule has 0 amide bonds. The van der Waals surface area contributed by atoms with Crippen LogP contribution in [-0.4, -0.2) is 23.0 Å². The van der Waals surface area contributed by atoms with Crippen LogP contribution in [0.1, 0.15) is 0 Å². The summed E-state index contributed by atoms with van der Waals surface area (Å²) in [5.41, 5.74) is 8.64. The lowest BCUT2D eigenvalue weighted by Crippen LogP contribution is -2.49. The predicted octanol–water partition coefficient (Wildman–Crippen LogP) is 10.6. The first-order valence-electron chi connectivity index (χ1n) is 17.3. The second-order valence-electron chi connectivity index (χ2n) is 14.0. The molecule has 0 unspecified atom stereocenters. The average Bonchev–Trinajstić information content (AvgIpc) is 3.82. The van der Waals surface area contributed by atoms with E-state index in [0.717, 1.165) is 60.6 Å². The molecule has 4 heterocycles. The Morgan fingerprint density at radius 1 is 0.451 bits per heavy atom. The van der Waals surface area contributed by atoms with Gasteiger partial charge in [-0.1, -0.05) is 122 Å². The highest BCUT2D eigenvalue weighted by Crippen LogP contribution is 2.45. The Morgan fingerprint density at radius 3 is 1.84 bits per heavy atom. The van der Waals surface area contributed by atoms with Gasteiger partial charge in [0, 0.05) is 43.8 Å². The molecule has 240 valence electrons. The number of nitrogens with zero attached hydrogens (tertiary/aromatic N) is 3. The largest absolute Gasteiger partial charge is 0.456 e. The number of fused-ring (bicyclic) bond motifs is 11. The summed E-state index contributed by atoms with van der Waals surface area (Å²) in [7, 11) is -2.19. The molecule has 0 bridgehead atoms. The molecule has 1 aliphatic heterocycles. The molecule has 0 fully saturated rings. The van der Waals surface area contributed by atoms with E-state index in [9.17, 15) is 0 Å². The van der Waals surface area contributed by atoms with E-state index >= 15 is 0 Å². The minimum atomic E-state index is -2.19. The van der Waals surface area contributed by atoms with Gasteiger partial charge in [-0.25, -0.2) is 15.0 Å². The van der Waals surface area contributed by atoms with Gasteiger partial charge in [-0.3, -0.25) is 0 Å². The van der Waals surface area contributed by atoms with Gasteiger partial charge in [-0.2, -0.15) is 0 Å². The molecular weight excluding hydrogens is 643 g/mol. The lowest BCUT2D eigenvalue weighted by molar-refractivity contribution is 0.669. The van der Waals surface area contributed by atoms with Crippen molar-refractivity contribution in [3.8, 4) is 45.3 Å². The van der Waals surface area contributed by atoms with Crippen molar-refractivity contribution >= 4 is 73.1 Å². The van der Waals surface area contributed by atoms with E-state index < -0.39 is 8.07 Å². The lowest BCUT2D eigenvalue weighted by atomic mass is 9.96. The molecule has 5 nitrogen and oxygen atoms in total. The molecule has 0 saturated carbocycles. The Kier molecular flexibility index (Phi) is 5.76. The summed E-state index contributed by atoms with van der Waals surface area (Å²) in [5, 5.41) is 9.36. The van der Waals surface area contributed by atoms with Crippen LogP contribution < -0.4 is 10.4 Å². The number of rotatable bonds is 3. The molecule has 1 aliphatic rings. The zero-order valence-corrected chi connectivity index (χ0v) is 28.9. The molecule has 0 N–H and O–H groups in total. The maximum atomic E-state index is 6.88. The third-order valence-corrected chi connectivity index (χ3v) is 14.2. The van der Waals surface area contributed by atoms with Crippen LogP contribution in [0.4, 0.5) is 0 Å². The number of benzene rings is 7. The highest BCUT2D eigenvalue weighted by atomic mass is 28.3. The van der Waals surface area contributed by atoms with E-state index in [1.54, 1.807) is 0 Å². The smallest absolute Gasteiger partial charge is 0.164 e. The van der Waals surface area contributed by atoms with E-state index in [2.05, 4.69) is 98.0 Å². The van der Waals surface area contributed by atoms with Crippen LogP contribution >= 0.6 is 0 Å². The molecular formula is C45H29N3O2Si. The first kappa shape index (κ1) is 28.5. The summed E-state index contributed by atoms with van der Waals surface area (Å²) in [6, 6.07) is 48.5. The van der Waals surface area contributed by atoms with Crippen LogP contribution in [0.5, 0.6) is 0 Å². The van der Waals surface area contributed by atoms with Gasteiger partial charge >= 0.3 is 0 Å². The molecule has 0 atom stereocenters. The first-order chi connectivity index (χ1) is 25.0. The molecule has 10 aromatic rings. The standard InChI is InChI=1S/C45H29N3O2Si/c1-51(2)37-24-28-16-7-6-15-27(28)23-32(37)41-38(51)25-33(40-30-18-9-11-21-35(30)50-42(40)41)45-47-43(26-13-4-3-5-14-26)46-44(48-45)31-19-12-22-36-39(31)29-17-8-10-20-34(29)49-36/h3-25H,1-2H3.